The largest absolute Gasteiger partial charge is 0.493 e. The Labute approximate surface area is 718 Å². The molecule has 0 spiro atoms. The first-order chi connectivity index (χ1) is 57.0. The summed E-state index contributed by atoms with van der Waals surface area (Å²) in [6.07, 6.45) is 22.0. The molecule has 0 amide bonds. The van der Waals surface area contributed by atoms with Crippen LogP contribution >= 0.6 is 15.9 Å². The molecule has 0 saturated heterocycles. The average molecular weight is 1750 g/mol. The van der Waals surface area contributed by atoms with Crippen molar-refractivity contribution < 1.29 is 89.8 Å². The molecule has 121 heavy (non-hydrogen) atoms. The van der Waals surface area contributed by atoms with Crippen LogP contribution in [0, 0.1) is 65.3 Å². The van der Waals surface area contributed by atoms with E-state index in [1.165, 1.54) is 88.9 Å². The lowest BCUT2D eigenvalue weighted by Gasteiger charge is -2.37. The number of fused-ring (bicyclic) bond motifs is 4. The number of hydrogen-bond donors (Lipinski definition) is 0. The van der Waals surface area contributed by atoms with Crippen LogP contribution in [-0.2, 0) is 92.9 Å². The van der Waals surface area contributed by atoms with Gasteiger partial charge in [0.1, 0.15) is 22.9 Å². The molecule has 27 heteroatoms. The standard InChI is InChI=1S/C20H19Br.C17H18O2.C14H22O2.C13H15NO5.C11H13NO6.C8H10O.C7H7NO4S.C4H8O2/c1-20(14-10-12-15(21)13-11-14)18-8-4-2-6-16(18)17-7-3-5-9-19(17)20;1-13(18)19-17(2,3)16-11-9-15(10-12-16)14-7-5-4-6-8-14;1-9(2)6-10(3)13-11(15)7-14(4,5)8-12(13)16;1-8(7-19-9(2)15)11-6-13-10(3-4-18-13)5-12(11)14(16)17;1-7(13)18-6-8-4-10(16-2)11(17-3)5-9(8)12(14)15;1-9-7-8-5-3-2-4-6-8;1-13(11,12)7-5-3-2-4-6(7)8(9)10;1-3-6-4(2)5/h2-13,16-19H,1H3;4-12H,1-3H3;9H,6-8H2,1-5H3;5-6,8H,3-4,7H2,1-2H3;4-5H,6H2,1-3H3;2-6H,7H2,1H3;2-5H,1H3;3H2,1-2H3. The molecule has 2 fully saturated rings. The van der Waals surface area contributed by atoms with Crippen molar-refractivity contribution in [3.63, 3.8) is 0 Å². The Balaban J connectivity index is 0.000000251. The summed E-state index contributed by atoms with van der Waals surface area (Å²) in [6.45, 7) is 26.9. The number of carbonyl (C=O) groups is 6. The lowest BCUT2D eigenvalue weighted by Crippen LogP contribution is -2.34. The summed E-state index contributed by atoms with van der Waals surface area (Å²) >= 11 is 3.56. The van der Waals surface area contributed by atoms with Gasteiger partial charge in [0.05, 0.1) is 72.6 Å². The van der Waals surface area contributed by atoms with Crippen LogP contribution in [0.2, 0.25) is 0 Å². The lowest BCUT2D eigenvalue weighted by atomic mass is 9.66. The first-order valence-corrected chi connectivity index (χ1v) is 42.0. The van der Waals surface area contributed by atoms with Crippen LogP contribution in [0.3, 0.4) is 0 Å². The Bertz CT molecular complexity index is 4940. The zero-order valence-corrected chi connectivity index (χ0v) is 74.5. The number of nitrogens with zero attached hydrogens (tertiary/aromatic N) is 3. The molecule has 4 aliphatic carbocycles. The summed E-state index contributed by atoms with van der Waals surface area (Å²) in [5, 5.41) is 32.4. The van der Waals surface area contributed by atoms with Crippen LogP contribution in [-0.4, -0.2) is 106 Å². The number of esters is 4. The number of Topliss-reactive ketones (excluding diaryl/α,β-unsaturated/α-hetero) is 2. The van der Waals surface area contributed by atoms with Crippen molar-refractivity contribution in [1.82, 2.24) is 0 Å². The van der Waals surface area contributed by atoms with Crippen molar-refractivity contribution in [3.05, 3.63) is 286 Å². The van der Waals surface area contributed by atoms with Gasteiger partial charge >= 0.3 is 23.9 Å². The summed E-state index contributed by atoms with van der Waals surface area (Å²) in [4.78, 5) is 96.9. The highest BCUT2D eigenvalue weighted by atomic mass is 79.9. The monoisotopic (exact) mass is 1750 g/mol. The fourth-order valence-electron chi connectivity index (χ4n) is 14.5. The highest BCUT2D eigenvalue weighted by Gasteiger charge is 2.55. The van der Waals surface area contributed by atoms with E-state index in [9.17, 15) is 67.5 Å². The van der Waals surface area contributed by atoms with Gasteiger partial charge in [-0.15, -0.1) is 0 Å². The Morgan fingerprint density at radius 1 is 0.595 bits per heavy atom. The minimum atomic E-state index is -3.52. The molecule has 7 aromatic carbocycles. The van der Waals surface area contributed by atoms with Crippen LogP contribution in [0.1, 0.15) is 155 Å². The maximum atomic E-state index is 12.0. The highest BCUT2D eigenvalue weighted by molar-refractivity contribution is 9.10. The van der Waals surface area contributed by atoms with E-state index in [0.29, 0.717) is 91.3 Å². The quantitative estimate of drug-likeness (QED) is 0.0171. The number of allylic oxidation sites excluding steroid dienone is 10. The minimum Gasteiger partial charge on any atom is -0.493 e. The van der Waals surface area contributed by atoms with E-state index < -0.39 is 42.1 Å². The Morgan fingerprint density at radius 3 is 1.55 bits per heavy atom. The number of nitro groups is 3. The molecule has 0 bridgehead atoms. The van der Waals surface area contributed by atoms with Gasteiger partial charge < -0.3 is 37.9 Å². The van der Waals surface area contributed by atoms with E-state index in [2.05, 4.69) is 139 Å². The van der Waals surface area contributed by atoms with E-state index >= 15 is 0 Å². The van der Waals surface area contributed by atoms with Gasteiger partial charge in [-0.1, -0.05) is 221 Å². The fourth-order valence-corrected chi connectivity index (χ4v) is 15.6. The van der Waals surface area contributed by atoms with E-state index in [4.69, 9.17) is 33.2 Å². The molecule has 5 aliphatic rings. The van der Waals surface area contributed by atoms with Crippen LogP contribution in [0.15, 0.2) is 227 Å². The van der Waals surface area contributed by atoms with Crippen molar-refractivity contribution >= 4 is 78.3 Å². The number of halogens is 1. The van der Waals surface area contributed by atoms with Gasteiger partial charge in [-0.2, -0.15) is 0 Å². The van der Waals surface area contributed by atoms with Crippen LogP contribution in [0.5, 0.6) is 17.2 Å². The van der Waals surface area contributed by atoms with Gasteiger partial charge in [-0.05, 0) is 127 Å². The summed E-state index contributed by atoms with van der Waals surface area (Å²) < 4.78 is 63.0. The molecular weight excluding hydrogens is 1640 g/mol. The molecule has 1 aliphatic heterocycles. The highest BCUT2D eigenvalue weighted by Crippen LogP contribution is 2.59. The molecule has 1 heterocycles. The number of benzene rings is 7. The third-order valence-corrected chi connectivity index (χ3v) is 21.7. The second-order valence-electron chi connectivity index (χ2n) is 31.0. The van der Waals surface area contributed by atoms with Crippen LogP contribution in [0.4, 0.5) is 17.1 Å². The fraction of sp³-hybridized carbons (Fsp3) is 0.383. The molecule has 0 N–H and O–H groups in total. The second-order valence-corrected chi connectivity index (χ2v) is 33.9. The number of ether oxygens (including phenoxy) is 8. The van der Waals surface area contributed by atoms with Crippen LogP contribution in [0.25, 0.3) is 11.1 Å². The molecule has 25 nitrogen and oxygen atoms in total. The van der Waals surface area contributed by atoms with Crippen molar-refractivity contribution in [2.75, 3.05) is 47.4 Å². The SMILES string of the molecule is CC(=O)OC(C)(C)c1ccc(-c2ccccc2)cc1.CC(=O)OCC(C)c1cc2c(cc1[N+](=O)[O-])CCO2.CC(CC(C)C)=C1C(=O)CC(C)(C)CC1=O.CC1(c2ccc(Br)cc2)C2C=CC=CC2C2C=CC=CC21.CCOC(C)=O.COCc1ccccc1.COc1cc(COC(C)=O)c([N+](=O)[O-])cc1OC.CS(=O)(=O)c1ccccc1[N+](=O)[O-]. The predicted molar refractivity (Wildman–Crippen MR) is 469 cm³/mol. The van der Waals surface area contributed by atoms with E-state index in [0.717, 1.165) is 45.5 Å². The summed E-state index contributed by atoms with van der Waals surface area (Å²) in [5.41, 5.74) is 8.00. The van der Waals surface area contributed by atoms with Crippen molar-refractivity contribution in [2.45, 2.75) is 158 Å². The number of sulfone groups is 1. The molecule has 5 unspecified atom stereocenters. The van der Waals surface area contributed by atoms with Gasteiger partial charge in [0.25, 0.3) is 17.1 Å². The topological polar surface area (TPSA) is 340 Å². The molecule has 12 rings (SSSR count). The molecule has 2 saturated carbocycles. The predicted octanol–water partition coefficient (Wildman–Crippen LogP) is 20.2. The second kappa shape index (κ2) is 47.4. The number of carbonyl (C=O) groups excluding carboxylic acids is 6. The summed E-state index contributed by atoms with van der Waals surface area (Å²) in [7, 11) is 0.979. The maximum absolute atomic E-state index is 12.0. The van der Waals surface area contributed by atoms with Gasteiger partial charge in [0.15, 0.2) is 32.9 Å². The first kappa shape index (κ1) is 100. The Kier molecular flexibility index (Phi) is 39.2. The van der Waals surface area contributed by atoms with Gasteiger partial charge in [0.2, 0.25) is 0 Å². The molecule has 648 valence electrons. The number of ketones is 2. The van der Waals surface area contributed by atoms with Crippen molar-refractivity contribution in [2.24, 2.45) is 35.0 Å². The number of hydrogen-bond acceptors (Lipinski definition) is 22. The number of rotatable bonds is 20. The Hall–Kier alpha value is -11.5. The zero-order valence-electron chi connectivity index (χ0n) is 72.1. The van der Waals surface area contributed by atoms with Crippen molar-refractivity contribution in [3.8, 4) is 28.4 Å². The molecule has 0 radical (unpaired) electrons. The molecule has 5 atom stereocenters. The molecule has 7 aromatic rings. The van der Waals surface area contributed by atoms with E-state index in [1.54, 1.807) is 33.1 Å². The van der Waals surface area contributed by atoms with Gasteiger partial charge in [0, 0.05) is 99.4 Å². The first-order valence-electron chi connectivity index (χ1n) is 39.3. The molecular formula is C94H112BrN3O22S. The van der Waals surface area contributed by atoms with Gasteiger partial charge in [-0.3, -0.25) is 59.1 Å². The van der Waals surface area contributed by atoms with Crippen LogP contribution < -0.4 is 14.2 Å². The third-order valence-electron chi connectivity index (χ3n) is 20.0. The van der Waals surface area contributed by atoms with Crippen molar-refractivity contribution in [1.29, 1.82) is 0 Å². The van der Waals surface area contributed by atoms with Gasteiger partial charge in [-0.25, -0.2) is 8.42 Å². The van der Waals surface area contributed by atoms with E-state index in [1.807, 2.05) is 95.3 Å². The normalized spacial score (nSPS) is 17.3. The lowest BCUT2D eigenvalue weighted by molar-refractivity contribution is -0.387. The summed E-state index contributed by atoms with van der Waals surface area (Å²) in [5.74, 6) is 2.60. The van der Waals surface area contributed by atoms with E-state index in [-0.39, 0.29) is 86.7 Å². The third kappa shape index (κ3) is 30.6. The minimum absolute atomic E-state index is 0.0411. The smallest absolute Gasteiger partial charge is 0.303 e. The molecule has 0 aromatic heterocycles. The number of para-hydroxylation sites is 1. The number of nitro benzene ring substituents is 3. The average Bonchev–Trinajstić information content (AvgIpc) is 1.56. The maximum Gasteiger partial charge on any atom is 0.303 e. The Morgan fingerprint density at radius 2 is 1.09 bits per heavy atom. The number of methoxy groups -OCH3 is 3. The zero-order chi connectivity index (χ0) is 90.1. The summed E-state index contributed by atoms with van der Waals surface area (Å²) in [6, 6.07) is 48.5.